The first-order valence-electron chi connectivity index (χ1n) is 8.05. The SMILES string of the molecule is CCCC1=CC=C(CCCCCCC(C)C)C=CN1. The maximum absolute atomic E-state index is 3.36. The summed E-state index contributed by atoms with van der Waals surface area (Å²) in [6, 6.07) is 0. The summed E-state index contributed by atoms with van der Waals surface area (Å²) in [4.78, 5) is 0. The zero-order valence-corrected chi connectivity index (χ0v) is 13.0. The van der Waals surface area contributed by atoms with Crippen molar-refractivity contribution in [1.29, 1.82) is 0 Å². The van der Waals surface area contributed by atoms with E-state index < -0.39 is 0 Å². The Labute approximate surface area is 119 Å². The Bertz CT molecular complexity index is 321. The van der Waals surface area contributed by atoms with Gasteiger partial charge in [0, 0.05) is 11.9 Å². The normalized spacial score (nSPS) is 14.9. The third-order valence-electron chi connectivity index (χ3n) is 3.58. The second kappa shape index (κ2) is 9.89. The van der Waals surface area contributed by atoms with Crippen molar-refractivity contribution in [3.63, 3.8) is 0 Å². The van der Waals surface area contributed by atoms with Crippen molar-refractivity contribution in [2.45, 2.75) is 72.1 Å². The van der Waals surface area contributed by atoms with Crippen molar-refractivity contribution in [2.24, 2.45) is 5.92 Å². The second-order valence-electron chi connectivity index (χ2n) is 6.01. The van der Waals surface area contributed by atoms with Crippen LogP contribution in [0.3, 0.4) is 0 Å². The summed E-state index contributed by atoms with van der Waals surface area (Å²) in [5, 5.41) is 3.36. The molecule has 0 atom stereocenters. The first kappa shape index (κ1) is 16.1. The largest absolute Gasteiger partial charge is 0.365 e. The van der Waals surface area contributed by atoms with Gasteiger partial charge in [0.25, 0.3) is 0 Å². The summed E-state index contributed by atoms with van der Waals surface area (Å²) < 4.78 is 0. The van der Waals surface area contributed by atoms with Gasteiger partial charge in [0.2, 0.25) is 0 Å². The molecule has 1 heterocycles. The van der Waals surface area contributed by atoms with Crippen LogP contribution in [0.1, 0.15) is 72.1 Å². The molecule has 0 amide bonds. The molecule has 1 aliphatic rings. The third-order valence-corrected chi connectivity index (χ3v) is 3.58. The van der Waals surface area contributed by atoms with Crippen LogP contribution in [0.5, 0.6) is 0 Å². The highest BCUT2D eigenvalue weighted by Gasteiger charge is 1.99. The average molecular weight is 261 g/mol. The highest BCUT2D eigenvalue weighted by molar-refractivity contribution is 5.29. The molecule has 0 saturated heterocycles. The van der Waals surface area contributed by atoms with E-state index in [0.29, 0.717) is 0 Å². The first-order valence-corrected chi connectivity index (χ1v) is 8.05. The number of rotatable bonds is 9. The molecule has 0 radical (unpaired) electrons. The van der Waals surface area contributed by atoms with Crippen molar-refractivity contribution in [3.8, 4) is 0 Å². The van der Waals surface area contributed by atoms with Gasteiger partial charge in [-0.1, -0.05) is 59.0 Å². The number of unbranched alkanes of at least 4 members (excludes halogenated alkanes) is 3. The molecule has 1 N–H and O–H groups in total. The van der Waals surface area contributed by atoms with E-state index in [1.54, 1.807) is 0 Å². The molecule has 1 nitrogen and oxygen atoms in total. The Kier molecular flexibility index (Phi) is 8.36. The number of hydrogen-bond donors (Lipinski definition) is 1. The molecule has 0 aliphatic carbocycles. The smallest absolute Gasteiger partial charge is 0.0146 e. The van der Waals surface area contributed by atoms with E-state index in [0.717, 1.165) is 12.3 Å². The maximum atomic E-state index is 3.36. The Morgan fingerprint density at radius 1 is 1.00 bits per heavy atom. The summed E-state index contributed by atoms with van der Waals surface area (Å²) >= 11 is 0. The lowest BCUT2D eigenvalue weighted by atomic mass is 10.0. The third kappa shape index (κ3) is 7.92. The van der Waals surface area contributed by atoms with Crippen molar-refractivity contribution in [1.82, 2.24) is 5.32 Å². The van der Waals surface area contributed by atoms with Gasteiger partial charge in [-0.25, -0.2) is 0 Å². The summed E-state index contributed by atoms with van der Waals surface area (Å²) in [6.45, 7) is 6.85. The van der Waals surface area contributed by atoms with Crippen LogP contribution in [0.25, 0.3) is 0 Å². The molecule has 1 rings (SSSR count). The van der Waals surface area contributed by atoms with Gasteiger partial charge in [-0.05, 0) is 42.9 Å². The fraction of sp³-hybridized carbons (Fsp3) is 0.667. The van der Waals surface area contributed by atoms with Crippen LogP contribution in [-0.2, 0) is 0 Å². The molecule has 0 saturated carbocycles. The molecule has 0 aromatic carbocycles. The van der Waals surface area contributed by atoms with Gasteiger partial charge in [-0.2, -0.15) is 0 Å². The van der Waals surface area contributed by atoms with Crippen LogP contribution >= 0.6 is 0 Å². The monoisotopic (exact) mass is 261 g/mol. The summed E-state index contributed by atoms with van der Waals surface area (Å²) in [5.41, 5.74) is 2.80. The van der Waals surface area contributed by atoms with Crippen LogP contribution in [0.2, 0.25) is 0 Å². The number of hydrogen-bond acceptors (Lipinski definition) is 1. The minimum absolute atomic E-state index is 0.862. The molecule has 0 aromatic heterocycles. The lowest BCUT2D eigenvalue weighted by molar-refractivity contribution is 0.520. The lowest BCUT2D eigenvalue weighted by Gasteiger charge is -2.04. The van der Waals surface area contributed by atoms with Crippen LogP contribution in [-0.4, -0.2) is 0 Å². The average Bonchev–Trinajstić information content (AvgIpc) is 2.59. The van der Waals surface area contributed by atoms with Gasteiger partial charge in [0.15, 0.2) is 0 Å². The van der Waals surface area contributed by atoms with Gasteiger partial charge >= 0.3 is 0 Å². The van der Waals surface area contributed by atoms with Crippen LogP contribution in [0, 0.1) is 5.92 Å². The van der Waals surface area contributed by atoms with Gasteiger partial charge in [0.1, 0.15) is 0 Å². The molecule has 1 heteroatoms. The molecular weight excluding hydrogens is 230 g/mol. The quantitative estimate of drug-likeness (QED) is 0.524. The first-order chi connectivity index (χ1) is 9.22. The second-order valence-corrected chi connectivity index (χ2v) is 6.01. The van der Waals surface area contributed by atoms with E-state index in [1.807, 2.05) is 0 Å². The molecule has 1 aliphatic heterocycles. The fourth-order valence-corrected chi connectivity index (χ4v) is 2.39. The summed E-state index contributed by atoms with van der Waals surface area (Å²) in [7, 11) is 0. The zero-order chi connectivity index (χ0) is 13.9. The highest BCUT2D eigenvalue weighted by atomic mass is 14.8. The molecule has 0 unspecified atom stereocenters. The lowest BCUT2D eigenvalue weighted by Crippen LogP contribution is -2.02. The molecule has 0 spiro atoms. The Morgan fingerprint density at radius 3 is 2.53 bits per heavy atom. The summed E-state index contributed by atoms with van der Waals surface area (Å²) in [5.74, 6) is 0.862. The highest BCUT2D eigenvalue weighted by Crippen LogP contribution is 2.16. The zero-order valence-electron chi connectivity index (χ0n) is 13.0. The summed E-state index contributed by atoms with van der Waals surface area (Å²) in [6.07, 6.45) is 19.3. The molecule has 0 aromatic rings. The van der Waals surface area contributed by atoms with Crippen molar-refractivity contribution < 1.29 is 0 Å². The minimum Gasteiger partial charge on any atom is -0.365 e. The van der Waals surface area contributed by atoms with E-state index in [4.69, 9.17) is 0 Å². The van der Waals surface area contributed by atoms with Crippen molar-refractivity contribution in [2.75, 3.05) is 0 Å². The van der Waals surface area contributed by atoms with Crippen LogP contribution < -0.4 is 5.32 Å². The van der Waals surface area contributed by atoms with Gasteiger partial charge < -0.3 is 5.32 Å². The predicted octanol–water partition coefficient (Wildman–Crippen LogP) is 5.71. The molecule has 0 bridgehead atoms. The number of allylic oxidation sites excluding steroid dienone is 5. The maximum Gasteiger partial charge on any atom is 0.0146 e. The van der Waals surface area contributed by atoms with Crippen LogP contribution in [0.4, 0.5) is 0 Å². The van der Waals surface area contributed by atoms with Crippen LogP contribution in [0.15, 0.2) is 35.7 Å². The van der Waals surface area contributed by atoms with E-state index in [-0.39, 0.29) is 0 Å². The van der Waals surface area contributed by atoms with E-state index in [1.165, 1.54) is 56.2 Å². The minimum atomic E-state index is 0.862. The Hall–Kier alpha value is -0.980. The fourth-order valence-electron chi connectivity index (χ4n) is 2.39. The standard InChI is InChI=1S/C18H31N/c1-4-9-18-13-12-17(14-15-19-18)11-8-6-5-7-10-16(2)3/h12-16,19H,4-11H2,1-3H3. The topological polar surface area (TPSA) is 12.0 Å². The van der Waals surface area contributed by atoms with Gasteiger partial charge in [-0.15, -0.1) is 0 Å². The molecular formula is C18H31N. The number of nitrogens with one attached hydrogen (secondary N) is 1. The Balaban J connectivity index is 2.18. The van der Waals surface area contributed by atoms with Crippen molar-refractivity contribution in [3.05, 3.63) is 35.7 Å². The van der Waals surface area contributed by atoms with E-state index >= 15 is 0 Å². The molecule has 19 heavy (non-hydrogen) atoms. The molecule has 108 valence electrons. The van der Waals surface area contributed by atoms with Crippen molar-refractivity contribution >= 4 is 0 Å². The predicted molar refractivity (Wildman–Crippen MR) is 85.9 cm³/mol. The molecule has 0 fully saturated rings. The van der Waals surface area contributed by atoms with Gasteiger partial charge in [0.05, 0.1) is 0 Å². The van der Waals surface area contributed by atoms with E-state index in [2.05, 4.69) is 50.5 Å². The van der Waals surface area contributed by atoms with Gasteiger partial charge in [-0.3, -0.25) is 0 Å². The van der Waals surface area contributed by atoms with E-state index in [9.17, 15) is 0 Å². The Morgan fingerprint density at radius 2 is 1.79 bits per heavy atom.